The molecule has 0 saturated carbocycles. The van der Waals surface area contributed by atoms with Crippen LogP contribution < -0.4 is 5.32 Å². The number of halogens is 4. The molecular formula is C14H17BrF3N. The number of aryl methyl sites for hydroxylation is 1. The average molecular weight is 336 g/mol. The van der Waals surface area contributed by atoms with Gasteiger partial charge in [-0.1, -0.05) is 36.7 Å². The Labute approximate surface area is 119 Å². The first kappa shape index (κ1) is 14.7. The van der Waals surface area contributed by atoms with E-state index in [0.717, 1.165) is 18.1 Å². The number of fused-ring (bicyclic) bond motifs is 1. The second kappa shape index (κ2) is 4.69. The van der Waals surface area contributed by atoms with Gasteiger partial charge in [0.2, 0.25) is 0 Å². The van der Waals surface area contributed by atoms with Crippen molar-refractivity contribution in [1.82, 2.24) is 0 Å². The third-order valence-electron chi connectivity index (χ3n) is 3.56. The molecule has 1 aliphatic rings. The smallest absolute Gasteiger partial charge is 0.381 e. The quantitative estimate of drug-likeness (QED) is 0.683. The van der Waals surface area contributed by atoms with Gasteiger partial charge < -0.3 is 5.32 Å². The maximum atomic E-state index is 13.1. The van der Waals surface area contributed by atoms with E-state index in [1.165, 1.54) is 0 Å². The highest BCUT2D eigenvalue weighted by Crippen LogP contribution is 2.43. The number of hydrogen-bond donors (Lipinski definition) is 1. The molecule has 0 bridgehead atoms. The highest BCUT2D eigenvalue weighted by molar-refractivity contribution is 9.10. The molecule has 1 aromatic carbocycles. The van der Waals surface area contributed by atoms with Crippen molar-refractivity contribution in [2.45, 2.75) is 45.8 Å². The molecule has 1 heterocycles. The number of hydrogen-bond acceptors (Lipinski definition) is 1. The lowest BCUT2D eigenvalue weighted by atomic mass is 9.80. The molecule has 1 N–H and O–H groups in total. The number of rotatable bonds is 0. The van der Waals surface area contributed by atoms with Crippen LogP contribution in [0.25, 0.3) is 0 Å². The monoisotopic (exact) mass is 335 g/mol. The third kappa shape index (κ3) is 3.07. The zero-order valence-corrected chi connectivity index (χ0v) is 12.7. The standard InChI is InChI=1S/C14H17BrF3N/c1-13(2,3)11-5-4-8-6-9(15)7-10(12(8)19-11)14(16,17)18/h6-7,11,19H,4-5H2,1-3H3. The fourth-order valence-electron chi connectivity index (χ4n) is 2.45. The van der Waals surface area contributed by atoms with E-state index in [1.807, 2.05) is 20.8 Å². The first-order chi connectivity index (χ1) is 8.59. The van der Waals surface area contributed by atoms with E-state index in [1.54, 1.807) is 6.07 Å². The Bertz CT molecular complexity index is 489. The van der Waals surface area contributed by atoms with Crippen LogP contribution in [0, 0.1) is 5.41 Å². The van der Waals surface area contributed by atoms with Crippen molar-refractivity contribution in [2.75, 3.05) is 5.32 Å². The molecule has 19 heavy (non-hydrogen) atoms. The topological polar surface area (TPSA) is 12.0 Å². The Morgan fingerprint density at radius 1 is 1.21 bits per heavy atom. The van der Waals surface area contributed by atoms with Gasteiger partial charge in [-0.3, -0.25) is 0 Å². The largest absolute Gasteiger partial charge is 0.418 e. The molecule has 1 aromatic rings. The van der Waals surface area contributed by atoms with E-state index >= 15 is 0 Å². The number of alkyl halides is 3. The van der Waals surface area contributed by atoms with E-state index in [4.69, 9.17) is 0 Å². The fourth-order valence-corrected chi connectivity index (χ4v) is 2.96. The minimum atomic E-state index is -4.33. The summed E-state index contributed by atoms with van der Waals surface area (Å²) in [6.07, 6.45) is -2.81. The van der Waals surface area contributed by atoms with Crippen molar-refractivity contribution >= 4 is 21.6 Å². The van der Waals surface area contributed by atoms with Crippen LogP contribution in [0.1, 0.15) is 38.3 Å². The number of nitrogens with one attached hydrogen (secondary N) is 1. The van der Waals surface area contributed by atoms with Crippen molar-refractivity contribution in [3.8, 4) is 0 Å². The summed E-state index contributed by atoms with van der Waals surface area (Å²) in [7, 11) is 0. The predicted molar refractivity (Wildman–Crippen MR) is 74.3 cm³/mol. The van der Waals surface area contributed by atoms with Crippen LogP contribution in [0.3, 0.4) is 0 Å². The van der Waals surface area contributed by atoms with E-state index in [0.29, 0.717) is 10.9 Å². The van der Waals surface area contributed by atoms with Crippen LogP contribution in [0.2, 0.25) is 0 Å². The molecule has 0 fully saturated rings. The van der Waals surface area contributed by atoms with Gasteiger partial charge in [-0.2, -0.15) is 13.2 Å². The van der Waals surface area contributed by atoms with Gasteiger partial charge in [0.1, 0.15) is 0 Å². The maximum absolute atomic E-state index is 13.1. The number of benzene rings is 1. The first-order valence-corrected chi connectivity index (χ1v) is 7.04. The van der Waals surface area contributed by atoms with Crippen LogP contribution in [-0.4, -0.2) is 6.04 Å². The molecule has 0 radical (unpaired) electrons. The van der Waals surface area contributed by atoms with Crippen LogP contribution >= 0.6 is 15.9 Å². The summed E-state index contributed by atoms with van der Waals surface area (Å²) in [4.78, 5) is 0. The van der Waals surface area contributed by atoms with Crippen molar-refractivity contribution in [3.63, 3.8) is 0 Å². The molecule has 0 saturated heterocycles. The average Bonchev–Trinajstić information content (AvgIpc) is 2.24. The Balaban J connectivity index is 2.48. The Kier molecular flexibility index (Phi) is 3.62. The van der Waals surface area contributed by atoms with Gasteiger partial charge in [0, 0.05) is 16.2 Å². The third-order valence-corrected chi connectivity index (χ3v) is 4.01. The molecule has 1 nitrogen and oxygen atoms in total. The predicted octanol–water partition coefficient (Wildman–Crippen LogP) is 5.24. The lowest BCUT2D eigenvalue weighted by Crippen LogP contribution is -2.38. The lowest BCUT2D eigenvalue weighted by molar-refractivity contribution is -0.137. The molecule has 1 unspecified atom stereocenters. The normalized spacial score (nSPS) is 19.8. The van der Waals surface area contributed by atoms with Crippen LogP contribution in [-0.2, 0) is 12.6 Å². The molecule has 1 aliphatic heterocycles. The zero-order chi connectivity index (χ0) is 14.4. The summed E-state index contributed by atoms with van der Waals surface area (Å²) < 4.78 is 39.8. The SMILES string of the molecule is CC(C)(C)C1CCc2cc(Br)cc(C(F)(F)F)c2N1. The molecule has 0 amide bonds. The molecule has 0 aliphatic carbocycles. The molecule has 2 rings (SSSR count). The van der Waals surface area contributed by atoms with Crippen molar-refractivity contribution in [1.29, 1.82) is 0 Å². The second-order valence-corrected chi connectivity index (χ2v) is 7.00. The minimum Gasteiger partial charge on any atom is -0.381 e. The Morgan fingerprint density at radius 2 is 1.84 bits per heavy atom. The summed E-state index contributed by atoms with van der Waals surface area (Å²) in [6, 6.07) is 2.98. The summed E-state index contributed by atoms with van der Waals surface area (Å²) in [6.45, 7) is 6.13. The summed E-state index contributed by atoms with van der Waals surface area (Å²) in [5, 5.41) is 3.10. The molecular weight excluding hydrogens is 319 g/mol. The van der Waals surface area contributed by atoms with E-state index < -0.39 is 11.7 Å². The van der Waals surface area contributed by atoms with Gasteiger partial charge in [0.25, 0.3) is 0 Å². The van der Waals surface area contributed by atoms with Crippen LogP contribution in [0.4, 0.5) is 18.9 Å². The Morgan fingerprint density at radius 3 is 2.37 bits per heavy atom. The zero-order valence-electron chi connectivity index (χ0n) is 11.2. The highest BCUT2D eigenvalue weighted by Gasteiger charge is 2.38. The highest BCUT2D eigenvalue weighted by atomic mass is 79.9. The van der Waals surface area contributed by atoms with Crippen molar-refractivity contribution < 1.29 is 13.2 Å². The minimum absolute atomic E-state index is 0.0577. The Hall–Kier alpha value is -0.710. The van der Waals surface area contributed by atoms with Gasteiger partial charge in [-0.05, 0) is 36.0 Å². The van der Waals surface area contributed by atoms with E-state index in [9.17, 15) is 13.2 Å². The van der Waals surface area contributed by atoms with Crippen molar-refractivity contribution in [2.24, 2.45) is 5.41 Å². The number of anilines is 1. The molecule has 0 spiro atoms. The van der Waals surface area contributed by atoms with Gasteiger partial charge >= 0.3 is 6.18 Å². The first-order valence-electron chi connectivity index (χ1n) is 6.25. The second-order valence-electron chi connectivity index (χ2n) is 6.09. The molecule has 1 atom stereocenters. The summed E-state index contributed by atoms with van der Waals surface area (Å²) >= 11 is 3.16. The van der Waals surface area contributed by atoms with Gasteiger partial charge in [0.05, 0.1) is 5.56 Å². The molecule has 5 heteroatoms. The van der Waals surface area contributed by atoms with Gasteiger partial charge in [0.15, 0.2) is 0 Å². The van der Waals surface area contributed by atoms with Crippen LogP contribution in [0.15, 0.2) is 16.6 Å². The maximum Gasteiger partial charge on any atom is 0.418 e. The molecule has 106 valence electrons. The van der Waals surface area contributed by atoms with E-state index in [-0.39, 0.29) is 17.1 Å². The van der Waals surface area contributed by atoms with E-state index in [2.05, 4.69) is 21.2 Å². The molecule has 0 aromatic heterocycles. The fraction of sp³-hybridized carbons (Fsp3) is 0.571. The summed E-state index contributed by atoms with van der Waals surface area (Å²) in [5.41, 5.74) is 0.350. The van der Waals surface area contributed by atoms with Crippen molar-refractivity contribution in [3.05, 3.63) is 27.7 Å². The summed E-state index contributed by atoms with van der Waals surface area (Å²) in [5.74, 6) is 0. The van der Waals surface area contributed by atoms with Crippen LogP contribution in [0.5, 0.6) is 0 Å². The van der Waals surface area contributed by atoms with Gasteiger partial charge in [-0.25, -0.2) is 0 Å². The van der Waals surface area contributed by atoms with Gasteiger partial charge in [-0.15, -0.1) is 0 Å². The lowest BCUT2D eigenvalue weighted by Gasteiger charge is -2.37.